The lowest BCUT2D eigenvalue weighted by Crippen LogP contribution is -2.04. The summed E-state index contributed by atoms with van der Waals surface area (Å²) in [6.07, 6.45) is 2.04. The highest BCUT2D eigenvalue weighted by molar-refractivity contribution is 5.97. The molecule has 0 atom stereocenters. The number of ether oxygens (including phenoxy) is 1. The summed E-state index contributed by atoms with van der Waals surface area (Å²) in [5.41, 5.74) is 2.51. The Morgan fingerprint density at radius 1 is 1.28 bits per heavy atom. The molecule has 1 aromatic carbocycles. The van der Waals surface area contributed by atoms with Crippen molar-refractivity contribution in [3.63, 3.8) is 0 Å². The van der Waals surface area contributed by atoms with Gasteiger partial charge in [-0.25, -0.2) is 0 Å². The van der Waals surface area contributed by atoms with Gasteiger partial charge in [0.05, 0.1) is 7.11 Å². The highest BCUT2D eigenvalue weighted by atomic mass is 16.5. The van der Waals surface area contributed by atoms with Crippen molar-refractivity contribution >= 4 is 5.78 Å². The minimum atomic E-state index is 0.0914. The Morgan fingerprint density at radius 2 is 2.11 bits per heavy atom. The Labute approximate surface area is 106 Å². The van der Waals surface area contributed by atoms with Crippen molar-refractivity contribution in [1.29, 1.82) is 0 Å². The van der Waals surface area contributed by atoms with Crippen molar-refractivity contribution < 1.29 is 9.53 Å². The van der Waals surface area contributed by atoms with Crippen LogP contribution in [0.25, 0.3) is 0 Å². The maximum atomic E-state index is 12.1. The van der Waals surface area contributed by atoms with E-state index in [1.54, 1.807) is 19.4 Å². The van der Waals surface area contributed by atoms with Crippen LogP contribution >= 0.6 is 0 Å². The number of pyridine rings is 1. The molecule has 0 amide bonds. The van der Waals surface area contributed by atoms with E-state index in [9.17, 15) is 4.79 Å². The third-order valence-corrected chi connectivity index (χ3v) is 2.72. The summed E-state index contributed by atoms with van der Waals surface area (Å²) in [4.78, 5) is 16.2. The molecule has 0 saturated heterocycles. The minimum absolute atomic E-state index is 0.0914. The second-order valence-corrected chi connectivity index (χ2v) is 4.14. The predicted octanol–water partition coefficient (Wildman–Crippen LogP) is 2.82. The molecule has 18 heavy (non-hydrogen) atoms. The first kappa shape index (κ1) is 12.3. The van der Waals surface area contributed by atoms with E-state index in [-0.39, 0.29) is 5.78 Å². The zero-order valence-corrected chi connectivity index (χ0v) is 10.5. The van der Waals surface area contributed by atoms with E-state index in [1.807, 2.05) is 37.3 Å². The van der Waals surface area contributed by atoms with Gasteiger partial charge in [0.1, 0.15) is 5.75 Å². The molecule has 0 radical (unpaired) electrons. The zero-order valence-electron chi connectivity index (χ0n) is 10.5. The fourth-order valence-corrected chi connectivity index (χ4v) is 1.79. The van der Waals surface area contributed by atoms with Crippen molar-refractivity contribution in [1.82, 2.24) is 4.98 Å². The SMILES string of the molecule is COc1cccc(CC(=O)c2ccnc(C)c2)c1. The molecule has 2 aromatic rings. The number of carbonyl (C=O) groups excluding carboxylic acids is 1. The van der Waals surface area contributed by atoms with E-state index < -0.39 is 0 Å². The molecule has 1 aromatic heterocycles. The van der Waals surface area contributed by atoms with Crippen LogP contribution in [0.5, 0.6) is 5.75 Å². The van der Waals surface area contributed by atoms with Crippen molar-refractivity contribution in [2.75, 3.05) is 7.11 Å². The number of nitrogens with zero attached hydrogens (tertiary/aromatic N) is 1. The summed E-state index contributed by atoms with van der Waals surface area (Å²) in [7, 11) is 1.62. The Bertz CT molecular complexity index is 564. The van der Waals surface area contributed by atoms with Crippen LogP contribution in [0, 0.1) is 6.92 Å². The number of Topliss-reactive ketones (excluding diaryl/α,β-unsaturated/α-hetero) is 1. The molecule has 3 nitrogen and oxygen atoms in total. The number of carbonyl (C=O) groups is 1. The van der Waals surface area contributed by atoms with Gasteiger partial charge in [0.15, 0.2) is 5.78 Å². The van der Waals surface area contributed by atoms with Crippen LogP contribution in [-0.4, -0.2) is 17.9 Å². The quantitative estimate of drug-likeness (QED) is 0.773. The van der Waals surface area contributed by atoms with Gasteiger partial charge in [0.2, 0.25) is 0 Å². The average molecular weight is 241 g/mol. The largest absolute Gasteiger partial charge is 0.497 e. The second-order valence-electron chi connectivity index (χ2n) is 4.14. The fourth-order valence-electron chi connectivity index (χ4n) is 1.79. The molecule has 92 valence electrons. The molecular weight excluding hydrogens is 226 g/mol. The molecular formula is C15H15NO2. The van der Waals surface area contributed by atoms with Crippen LogP contribution in [0.4, 0.5) is 0 Å². The van der Waals surface area contributed by atoms with Gasteiger partial charge in [-0.3, -0.25) is 9.78 Å². The molecule has 0 N–H and O–H groups in total. The summed E-state index contributed by atoms with van der Waals surface area (Å²) in [5, 5.41) is 0. The smallest absolute Gasteiger partial charge is 0.167 e. The summed E-state index contributed by atoms with van der Waals surface area (Å²) in [6.45, 7) is 1.88. The Morgan fingerprint density at radius 3 is 2.83 bits per heavy atom. The number of hydrogen-bond donors (Lipinski definition) is 0. The highest BCUT2D eigenvalue weighted by Crippen LogP contribution is 2.15. The van der Waals surface area contributed by atoms with E-state index >= 15 is 0 Å². The number of rotatable bonds is 4. The molecule has 0 spiro atoms. The lowest BCUT2D eigenvalue weighted by Gasteiger charge is -2.04. The molecule has 0 unspecified atom stereocenters. The van der Waals surface area contributed by atoms with Gasteiger partial charge in [0.25, 0.3) is 0 Å². The zero-order chi connectivity index (χ0) is 13.0. The van der Waals surface area contributed by atoms with Crippen LogP contribution in [0.2, 0.25) is 0 Å². The first-order chi connectivity index (χ1) is 8.69. The summed E-state index contributed by atoms with van der Waals surface area (Å²) in [5.74, 6) is 0.861. The van der Waals surface area contributed by atoms with Gasteiger partial charge in [0, 0.05) is 23.9 Å². The van der Waals surface area contributed by atoms with Crippen molar-refractivity contribution in [3.05, 3.63) is 59.4 Å². The van der Waals surface area contributed by atoms with Crippen molar-refractivity contribution in [3.8, 4) is 5.75 Å². The van der Waals surface area contributed by atoms with Gasteiger partial charge in [-0.05, 0) is 36.8 Å². The molecule has 0 bridgehead atoms. The Balaban J connectivity index is 2.16. The van der Waals surface area contributed by atoms with Crippen LogP contribution in [0.3, 0.4) is 0 Å². The third-order valence-electron chi connectivity index (χ3n) is 2.72. The Hall–Kier alpha value is -2.16. The average Bonchev–Trinajstić information content (AvgIpc) is 2.39. The summed E-state index contributed by atoms with van der Waals surface area (Å²) < 4.78 is 5.14. The molecule has 1 heterocycles. The molecule has 0 fully saturated rings. The van der Waals surface area contributed by atoms with E-state index in [2.05, 4.69) is 4.98 Å². The third kappa shape index (κ3) is 2.94. The number of aromatic nitrogens is 1. The lowest BCUT2D eigenvalue weighted by molar-refractivity contribution is 0.0992. The number of benzene rings is 1. The predicted molar refractivity (Wildman–Crippen MR) is 70.0 cm³/mol. The van der Waals surface area contributed by atoms with Crippen molar-refractivity contribution in [2.45, 2.75) is 13.3 Å². The van der Waals surface area contributed by atoms with Gasteiger partial charge < -0.3 is 4.74 Å². The summed E-state index contributed by atoms with van der Waals surface area (Å²) >= 11 is 0. The molecule has 0 aliphatic heterocycles. The standard InChI is InChI=1S/C15H15NO2/c1-11-8-13(6-7-16-11)15(17)10-12-4-3-5-14(9-12)18-2/h3-9H,10H2,1-2H3. The maximum absolute atomic E-state index is 12.1. The lowest BCUT2D eigenvalue weighted by atomic mass is 10.0. The first-order valence-electron chi connectivity index (χ1n) is 5.78. The van der Waals surface area contributed by atoms with Gasteiger partial charge >= 0.3 is 0 Å². The van der Waals surface area contributed by atoms with E-state index in [4.69, 9.17) is 4.74 Å². The molecule has 0 aliphatic rings. The number of aryl methyl sites for hydroxylation is 1. The number of ketones is 1. The highest BCUT2D eigenvalue weighted by Gasteiger charge is 2.08. The van der Waals surface area contributed by atoms with Gasteiger partial charge in [-0.2, -0.15) is 0 Å². The molecule has 0 aliphatic carbocycles. The van der Waals surface area contributed by atoms with Gasteiger partial charge in [-0.1, -0.05) is 12.1 Å². The van der Waals surface area contributed by atoms with Crippen LogP contribution in [0.1, 0.15) is 21.6 Å². The van der Waals surface area contributed by atoms with Crippen LogP contribution in [-0.2, 0) is 6.42 Å². The minimum Gasteiger partial charge on any atom is -0.497 e. The Kier molecular flexibility index (Phi) is 3.72. The second kappa shape index (κ2) is 5.45. The van der Waals surface area contributed by atoms with Crippen molar-refractivity contribution in [2.24, 2.45) is 0 Å². The number of methoxy groups -OCH3 is 1. The summed E-state index contributed by atoms with van der Waals surface area (Å²) in [6, 6.07) is 11.1. The van der Waals surface area contributed by atoms with Gasteiger partial charge in [-0.15, -0.1) is 0 Å². The molecule has 0 saturated carbocycles. The monoisotopic (exact) mass is 241 g/mol. The molecule has 2 rings (SSSR count). The fraction of sp³-hybridized carbons (Fsp3) is 0.200. The van der Waals surface area contributed by atoms with E-state index in [0.29, 0.717) is 12.0 Å². The topological polar surface area (TPSA) is 39.2 Å². The first-order valence-corrected chi connectivity index (χ1v) is 5.78. The van der Waals surface area contributed by atoms with Crippen LogP contribution < -0.4 is 4.74 Å². The normalized spacial score (nSPS) is 10.1. The number of hydrogen-bond acceptors (Lipinski definition) is 3. The van der Waals surface area contributed by atoms with E-state index in [0.717, 1.165) is 17.0 Å². The maximum Gasteiger partial charge on any atom is 0.167 e. The molecule has 3 heteroatoms. The van der Waals surface area contributed by atoms with E-state index in [1.165, 1.54) is 0 Å². The van der Waals surface area contributed by atoms with Crippen LogP contribution in [0.15, 0.2) is 42.6 Å².